The zero-order valence-corrected chi connectivity index (χ0v) is 8.51. The molecule has 1 aliphatic heterocycles. The molecule has 1 fully saturated rings. The fourth-order valence-electron chi connectivity index (χ4n) is 1.63. The van der Waals surface area contributed by atoms with E-state index in [2.05, 4.69) is 24.1 Å². The molecule has 0 saturated carbocycles. The second-order valence-corrected chi connectivity index (χ2v) is 3.51. The summed E-state index contributed by atoms with van der Waals surface area (Å²) in [5.74, 6) is 0. The molecule has 1 atom stereocenters. The Balaban J connectivity index is 2.83. The summed E-state index contributed by atoms with van der Waals surface area (Å²) < 4.78 is 0. The Hall–Kier alpha value is -1.02. The van der Waals surface area contributed by atoms with Gasteiger partial charge < -0.3 is 10.6 Å². The average molecular weight is 178 g/mol. The molecule has 2 heteroatoms. The number of rotatable bonds is 2. The second kappa shape index (κ2) is 3.79. The molecule has 0 aromatic rings. The molecule has 0 amide bonds. The van der Waals surface area contributed by atoms with Gasteiger partial charge in [-0.05, 0) is 31.4 Å². The van der Waals surface area contributed by atoms with E-state index in [1.165, 1.54) is 11.3 Å². The van der Waals surface area contributed by atoms with Gasteiger partial charge in [-0.2, -0.15) is 0 Å². The largest absolute Gasteiger partial charge is 0.352 e. The van der Waals surface area contributed by atoms with Gasteiger partial charge in [-0.15, -0.1) is 0 Å². The van der Waals surface area contributed by atoms with Crippen molar-refractivity contribution in [3.05, 3.63) is 36.1 Å². The van der Waals surface area contributed by atoms with Gasteiger partial charge in [0.05, 0.1) is 6.17 Å². The van der Waals surface area contributed by atoms with Crippen LogP contribution in [-0.4, -0.2) is 17.6 Å². The molecular formula is C11H18N2. The smallest absolute Gasteiger partial charge is 0.0986 e. The monoisotopic (exact) mass is 178 g/mol. The zero-order chi connectivity index (χ0) is 10.0. The van der Waals surface area contributed by atoms with E-state index in [0.717, 1.165) is 18.5 Å². The predicted molar refractivity (Wildman–Crippen MR) is 57.0 cm³/mol. The minimum Gasteiger partial charge on any atom is -0.352 e. The van der Waals surface area contributed by atoms with Gasteiger partial charge in [0.25, 0.3) is 0 Å². The highest BCUT2D eigenvalue weighted by atomic mass is 15.2. The maximum Gasteiger partial charge on any atom is 0.0986 e. The molecule has 0 aromatic carbocycles. The van der Waals surface area contributed by atoms with Gasteiger partial charge in [-0.3, -0.25) is 0 Å². The summed E-state index contributed by atoms with van der Waals surface area (Å²) in [6, 6.07) is 0. The van der Waals surface area contributed by atoms with E-state index in [4.69, 9.17) is 5.73 Å². The number of hydrogen-bond acceptors (Lipinski definition) is 2. The summed E-state index contributed by atoms with van der Waals surface area (Å²) in [5.41, 5.74) is 9.35. The first-order chi connectivity index (χ1) is 6.07. The topological polar surface area (TPSA) is 29.3 Å². The number of nitrogens with two attached hydrogens (primary N) is 1. The third-order valence-electron chi connectivity index (χ3n) is 2.44. The SMILES string of the molecule is C=C1CCN(C(N)C(=C)C)/C1=C/C. The van der Waals surface area contributed by atoms with Gasteiger partial charge in [0, 0.05) is 12.2 Å². The normalized spacial score (nSPS) is 22.5. The minimum atomic E-state index is -0.0644. The van der Waals surface area contributed by atoms with Crippen molar-refractivity contribution >= 4 is 0 Å². The third kappa shape index (κ3) is 1.83. The van der Waals surface area contributed by atoms with Crippen molar-refractivity contribution < 1.29 is 0 Å². The molecular weight excluding hydrogens is 160 g/mol. The van der Waals surface area contributed by atoms with Crippen molar-refractivity contribution in [1.29, 1.82) is 0 Å². The third-order valence-corrected chi connectivity index (χ3v) is 2.44. The van der Waals surface area contributed by atoms with Crippen molar-refractivity contribution in [2.75, 3.05) is 6.54 Å². The van der Waals surface area contributed by atoms with E-state index in [0.29, 0.717) is 0 Å². The molecule has 1 heterocycles. The van der Waals surface area contributed by atoms with Crippen molar-refractivity contribution in [2.45, 2.75) is 26.4 Å². The second-order valence-electron chi connectivity index (χ2n) is 3.51. The highest BCUT2D eigenvalue weighted by Gasteiger charge is 2.24. The first-order valence-corrected chi connectivity index (χ1v) is 4.60. The van der Waals surface area contributed by atoms with Gasteiger partial charge in [0.1, 0.15) is 0 Å². The van der Waals surface area contributed by atoms with Crippen LogP contribution in [0.5, 0.6) is 0 Å². The van der Waals surface area contributed by atoms with Gasteiger partial charge in [0.15, 0.2) is 0 Å². The Morgan fingerprint density at radius 2 is 2.31 bits per heavy atom. The van der Waals surface area contributed by atoms with E-state index in [1.807, 2.05) is 13.8 Å². The summed E-state index contributed by atoms with van der Waals surface area (Å²) in [4.78, 5) is 2.16. The molecule has 72 valence electrons. The highest BCUT2D eigenvalue weighted by molar-refractivity contribution is 5.33. The van der Waals surface area contributed by atoms with Gasteiger partial charge in [-0.1, -0.05) is 19.2 Å². The molecule has 0 aromatic heterocycles. The summed E-state index contributed by atoms with van der Waals surface area (Å²) >= 11 is 0. The Labute approximate surface area is 80.4 Å². The molecule has 0 aliphatic carbocycles. The molecule has 1 aliphatic rings. The van der Waals surface area contributed by atoms with Crippen molar-refractivity contribution in [1.82, 2.24) is 4.90 Å². The number of allylic oxidation sites excluding steroid dienone is 2. The average Bonchev–Trinajstić information content (AvgIpc) is 2.45. The van der Waals surface area contributed by atoms with Crippen LogP contribution in [0.15, 0.2) is 36.1 Å². The van der Waals surface area contributed by atoms with Crippen molar-refractivity contribution in [2.24, 2.45) is 5.73 Å². The molecule has 1 rings (SSSR count). The Morgan fingerprint density at radius 1 is 1.69 bits per heavy atom. The summed E-state index contributed by atoms with van der Waals surface area (Å²) in [5, 5.41) is 0. The summed E-state index contributed by atoms with van der Waals surface area (Å²) in [6.07, 6.45) is 3.02. The molecule has 0 spiro atoms. The van der Waals surface area contributed by atoms with Crippen LogP contribution in [0.25, 0.3) is 0 Å². The maximum absolute atomic E-state index is 5.99. The standard InChI is InChI=1S/C11H18N2/c1-5-10-9(4)6-7-13(10)11(12)8(2)3/h5,11H,2,4,6-7,12H2,1,3H3/b10-5+. The quantitative estimate of drug-likeness (QED) is 0.655. The first-order valence-electron chi connectivity index (χ1n) is 4.60. The van der Waals surface area contributed by atoms with E-state index in [1.54, 1.807) is 0 Å². The lowest BCUT2D eigenvalue weighted by Gasteiger charge is -2.27. The van der Waals surface area contributed by atoms with Crippen LogP contribution >= 0.6 is 0 Å². The number of nitrogens with zero attached hydrogens (tertiary/aromatic N) is 1. The molecule has 13 heavy (non-hydrogen) atoms. The van der Waals surface area contributed by atoms with Crippen LogP contribution in [0.1, 0.15) is 20.3 Å². The van der Waals surface area contributed by atoms with Crippen LogP contribution in [0.3, 0.4) is 0 Å². The summed E-state index contributed by atoms with van der Waals surface area (Å²) in [6.45, 7) is 12.8. The minimum absolute atomic E-state index is 0.0644. The van der Waals surface area contributed by atoms with Crippen molar-refractivity contribution in [3.63, 3.8) is 0 Å². The Bertz CT molecular complexity index is 263. The Morgan fingerprint density at radius 3 is 2.77 bits per heavy atom. The number of hydrogen-bond donors (Lipinski definition) is 1. The van der Waals surface area contributed by atoms with Crippen LogP contribution in [0, 0.1) is 0 Å². The van der Waals surface area contributed by atoms with E-state index >= 15 is 0 Å². The first kappa shape index (κ1) is 10.1. The van der Waals surface area contributed by atoms with Crippen LogP contribution in [0.2, 0.25) is 0 Å². The lowest BCUT2D eigenvalue weighted by molar-refractivity contribution is 0.327. The van der Waals surface area contributed by atoms with Gasteiger partial charge >= 0.3 is 0 Å². The predicted octanol–water partition coefficient (Wildman–Crippen LogP) is 2.01. The lowest BCUT2D eigenvalue weighted by Crippen LogP contribution is -2.39. The van der Waals surface area contributed by atoms with Crippen LogP contribution < -0.4 is 5.73 Å². The van der Waals surface area contributed by atoms with E-state index in [9.17, 15) is 0 Å². The van der Waals surface area contributed by atoms with Crippen LogP contribution in [-0.2, 0) is 0 Å². The molecule has 2 N–H and O–H groups in total. The molecule has 0 bridgehead atoms. The zero-order valence-electron chi connectivity index (χ0n) is 8.51. The molecule has 2 nitrogen and oxygen atoms in total. The lowest BCUT2D eigenvalue weighted by atomic mass is 10.2. The van der Waals surface area contributed by atoms with Crippen molar-refractivity contribution in [3.8, 4) is 0 Å². The fraction of sp³-hybridized carbons (Fsp3) is 0.455. The van der Waals surface area contributed by atoms with Crippen LogP contribution in [0.4, 0.5) is 0 Å². The number of likely N-dealkylation sites (tertiary alicyclic amines) is 1. The van der Waals surface area contributed by atoms with Gasteiger partial charge in [0.2, 0.25) is 0 Å². The highest BCUT2D eigenvalue weighted by Crippen LogP contribution is 2.27. The summed E-state index contributed by atoms with van der Waals surface area (Å²) in [7, 11) is 0. The van der Waals surface area contributed by atoms with E-state index in [-0.39, 0.29) is 6.17 Å². The molecule has 1 saturated heterocycles. The fourth-order valence-corrected chi connectivity index (χ4v) is 1.63. The Kier molecular flexibility index (Phi) is 2.94. The molecule has 0 radical (unpaired) electrons. The van der Waals surface area contributed by atoms with E-state index < -0.39 is 0 Å². The maximum atomic E-state index is 5.99. The van der Waals surface area contributed by atoms with Gasteiger partial charge in [-0.25, -0.2) is 0 Å². The molecule has 1 unspecified atom stereocenters.